The van der Waals surface area contributed by atoms with Crippen molar-refractivity contribution in [2.75, 3.05) is 6.54 Å². The zero-order chi connectivity index (χ0) is 19.1. The molecule has 0 aliphatic heterocycles. The Balaban J connectivity index is 2.04. The molecular weight excluding hydrogens is 352 g/mol. The summed E-state index contributed by atoms with van der Waals surface area (Å²) in [5.41, 5.74) is 6.23. The van der Waals surface area contributed by atoms with E-state index in [9.17, 15) is 9.59 Å². The molecule has 0 unspecified atom stereocenters. The molecule has 0 saturated carbocycles. The lowest BCUT2D eigenvalue weighted by Gasteiger charge is -2.09. The van der Waals surface area contributed by atoms with Crippen molar-refractivity contribution >= 4 is 29.6 Å². The SMILES string of the molecule is C=CCNC(=O)CC(=O)N/N=C/c1cc(C)n(-c2ccc(Cl)cc2)c1C. The van der Waals surface area contributed by atoms with Crippen LogP contribution in [0.3, 0.4) is 0 Å². The second-order valence-electron chi connectivity index (χ2n) is 5.70. The van der Waals surface area contributed by atoms with Gasteiger partial charge in [-0.25, -0.2) is 5.43 Å². The minimum absolute atomic E-state index is 0.283. The van der Waals surface area contributed by atoms with E-state index >= 15 is 0 Å². The van der Waals surface area contributed by atoms with Crippen LogP contribution in [0.1, 0.15) is 23.4 Å². The van der Waals surface area contributed by atoms with Crippen molar-refractivity contribution in [2.45, 2.75) is 20.3 Å². The summed E-state index contributed by atoms with van der Waals surface area (Å²) < 4.78 is 2.07. The number of rotatable bonds is 7. The number of nitrogens with one attached hydrogen (secondary N) is 2. The summed E-state index contributed by atoms with van der Waals surface area (Å²) in [6.45, 7) is 7.77. The lowest BCUT2D eigenvalue weighted by molar-refractivity contribution is -0.129. The molecule has 1 aromatic heterocycles. The van der Waals surface area contributed by atoms with Gasteiger partial charge in [0, 0.05) is 34.2 Å². The van der Waals surface area contributed by atoms with Crippen molar-refractivity contribution < 1.29 is 9.59 Å². The monoisotopic (exact) mass is 372 g/mol. The first-order valence-electron chi connectivity index (χ1n) is 8.06. The third-order valence-electron chi connectivity index (χ3n) is 3.71. The lowest BCUT2D eigenvalue weighted by atomic mass is 10.2. The Morgan fingerprint density at radius 3 is 2.58 bits per heavy atom. The number of carbonyl (C=O) groups excluding carboxylic acids is 2. The summed E-state index contributed by atoms with van der Waals surface area (Å²) >= 11 is 5.94. The number of halogens is 1. The number of hydrogen-bond acceptors (Lipinski definition) is 3. The zero-order valence-corrected chi connectivity index (χ0v) is 15.5. The van der Waals surface area contributed by atoms with Crippen molar-refractivity contribution in [1.29, 1.82) is 0 Å². The molecule has 0 fully saturated rings. The number of carbonyl (C=O) groups is 2. The van der Waals surface area contributed by atoms with Gasteiger partial charge in [-0.05, 0) is 44.2 Å². The molecule has 0 aliphatic carbocycles. The molecule has 2 rings (SSSR count). The number of nitrogens with zero attached hydrogens (tertiary/aromatic N) is 2. The Kier molecular flexibility index (Phi) is 6.74. The van der Waals surface area contributed by atoms with Gasteiger partial charge in [0.15, 0.2) is 0 Å². The van der Waals surface area contributed by atoms with Crippen LogP contribution in [0.2, 0.25) is 5.02 Å². The largest absolute Gasteiger partial charge is 0.352 e. The fraction of sp³-hybridized carbons (Fsp3) is 0.211. The lowest BCUT2D eigenvalue weighted by Crippen LogP contribution is -2.29. The summed E-state index contributed by atoms with van der Waals surface area (Å²) in [6.07, 6.45) is 2.83. The van der Waals surface area contributed by atoms with Gasteiger partial charge in [-0.15, -0.1) is 6.58 Å². The topological polar surface area (TPSA) is 75.5 Å². The van der Waals surface area contributed by atoms with E-state index in [1.165, 1.54) is 0 Å². The Morgan fingerprint density at radius 1 is 1.23 bits per heavy atom. The maximum absolute atomic E-state index is 11.7. The number of hydrogen-bond donors (Lipinski definition) is 2. The second-order valence-corrected chi connectivity index (χ2v) is 6.14. The van der Waals surface area contributed by atoms with Crippen LogP contribution in [0, 0.1) is 13.8 Å². The number of hydrazone groups is 1. The van der Waals surface area contributed by atoms with E-state index in [-0.39, 0.29) is 12.3 Å². The normalized spacial score (nSPS) is 10.7. The van der Waals surface area contributed by atoms with Crippen LogP contribution in [-0.4, -0.2) is 29.1 Å². The minimum atomic E-state index is -0.477. The van der Waals surface area contributed by atoms with E-state index in [1.807, 2.05) is 44.2 Å². The van der Waals surface area contributed by atoms with Crippen LogP contribution in [0.5, 0.6) is 0 Å². The van der Waals surface area contributed by atoms with Gasteiger partial charge in [0.05, 0.1) is 6.21 Å². The summed E-state index contributed by atoms with van der Waals surface area (Å²) in [7, 11) is 0. The van der Waals surface area contributed by atoms with E-state index in [4.69, 9.17) is 11.6 Å². The quantitative estimate of drug-likeness (QED) is 0.339. The third-order valence-corrected chi connectivity index (χ3v) is 3.96. The van der Waals surface area contributed by atoms with E-state index < -0.39 is 5.91 Å². The Hall–Kier alpha value is -2.86. The average molecular weight is 373 g/mol. The molecule has 0 aliphatic rings. The van der Waals surface area contributed by atoms with E-state index in [1.54, 1.807) is 12.3 Å². The summed E-state index contributed by atoms with van der Waals surface area (Å²) in [6, 6.07) is 9.51. The van der Waals surface area contributed by atoms with Crippen LogP contribution in [0.25, 0.3) is 5.69 Å². The third kappa shape index (κ3) is 5.07. The van der Waals surface area contributed by atoms with Crippen LogP contribution >= 0.6 is 11.6 Å². The molecule has 2 N–H and O–H groups in total. The van der Waals surface area contributed by atoms with Crippen LogP contribution in [-0.2, 0) is 9.59 Å². The highest BCUT2D eigenvalue weighted by molar-refractivity contribution is 6.30. The van der Waals surface area contributed by atoms with Crippen molar-refractivity contribution in [3.05, 3.63) is 65.0 Å². The molecule has 7 heteroatoms. The predicted octanol–water partition coefficient (Wildman–Crippen LogP) is 2.89. The molecule has 0 atom stereocenters. The highest BCUT2D eigenvalue weighted by atomic mass is 35.5. The smallest absolute Gasteiger partial charge is 0.249 e. The predicted molar refractivity (Wildman–Crippen MR) is 104 cm³/mol. The summed E-state index contributed by atoms with van der Waals surface area (Å²) in [4.78, 5) is 23.1. The molecule has 2 aromatic rings. The number of amides is 2. The number of aromatic nitrogens is 1. The van der Waals surface area contributed by atoms with Gasteiger partial charge < -0.3 is 9.88 Å². The maximum atomic E-state index is 11.7. The molecule has 1 heterocycles. The van der Waals surface area contributed by atoms with E-state index in [0.29, 0.717) is 11.6 Å². The first kappa shape index (κ1) is 19.5. The highest BCUT2D eigenvalue weighted by Gasteiger charge is 2.10. The van der Waals surface area contributed by atoms with Crippen molar-refractivity contribution in [3.63, 3.8) is 0 Å². The summed E-state index contributed by atoms with van der Waals surface area (Å²) in [5.74, 6) is -0.854. The Morgan fingerprint density at radius 2 is 1.92 bits per heavy atom. The van der Waals surface area contributed by atoms with E-state index in [2.05, 4.69) is 27.0 Å². The number of benzene rings is 1. The molecule has 0 spiro atoms. The molecule has 136 valence electrons. The van der Waals surface area contributed by atoms with Gasteiger partial charge in [-0.3, -0.25) is 9.59 Å². The van der Waals surface area contributed by atoms with Crippen molar-refractivity contribution in [1.82, 2.24) is 15.3 Å². The molecule has 26 heavy (non-hydrogen) atoms. The summed E-state index contributed by atoms with van der Waals surface area (Å²) in [5, 5.41) is 7.15. The van der Waals surface area contributed by atoms with Crippen molar-refractivity contribution in [2.24, 2.45) is 5.10 Å². The first-order chi connectivity index (χ1) is 12.4. The van der Waals surface area contributed by atoms with Gasteiger partial charge >= 0.3 is 0 Å². The highest BCUT2D eigenvalue weighted by Crippen LogP contribution is 2.21. The second kappa shape index (κ2) is 9.01. The molecule has 1 aromatic carbocycles. The molecule has 0 bridgehead atoms. The Labute approximate surface area is 157 Å². The average Bonchev–Trinajstić information content (AvgIpc) is 2.88. The first-order valence-corrected chi connectivity index (χ1v) is 8.44. The van der Waals surface area contributed by atoms with Gasteiger partial charge in [0.1, 0.15) is 6.42 Å². The van der Waals surface area contributed by atoms with Crippen molar-refractivity contribution in [3.8, 4) is 5.69 Å². The number of aryl methyl sites for hydroxylation is 1. The Bertz CT molecular complexity index is 838. The van der Waals surface area contributed by atoms with Gasteiger partial charge in [-0.2, -0.15) is 5.10 Å². The van der Waals surface area contributed by atoms with Gasteiger partial charge in [0.25, 0.3) is 0 Å². The fourth-order valence-electron chi connectivity index (χ4n) is 2.51. The standard InChI is InChI=1S/C19H21ClN4O2/c1-4-9-21-18(25)11-19(26)23-22-12-15-10-13(2)24(14(15)3)17-7-5-16(20)6-8-17/h4-8,10,12H,1,9,11H2,2-3H3,(H,21,25)(H,23,26)/b22-12+. The molecular formula is C19H21ClN4O2. The van der Waals surface area contributed by atoms with Gasteiger partial charge in [0.2, 0.25) is 11.8 Å². The molecule has 2 amide bonds. The van der Waals surface area contributed by atoms with Crippen LogP contribution in [0.15, 0.2) is 48.1 Å². The maximum Gasteiger partial charge on any atom is 0.249 e. The molecule has 0 saturated heterocycles. The molecule has 6 nitrogen and oxygen atoms in total. The molecule has 0 radical (unpaired) electrons. The fourth-order valence-corrected chi connectivity index (χ4v) is 2.64. The minimum Gasteiger partial charge on any atom is -0.352 e. The van der Waals surface area contributed by atoms with Gasteiger partial charge in [-0.1, -0.05) is 17.7 Å². The van der Waals surface area contributed by atoms with Crippen LogP contribution in [0.4, 0.5) is 0 Å². The zero-order valence-electron chi connectivity index (χ0n) is 14.8. The van der Waals surface area contributed by atoms with Crippen LogP contribution < -0.4 is 10.7 Å². The van der Waals surface area contributed by atoms with E-state index in [0.717, 1.165) is 22.6 Å².